The van der Waals surface area contributed by atoms with E-state index < -0.39 is 0 Å². The molecule has 0 aliphatic heterocycles. The normalized spacial score (nSPS) is 13.2. The molecule has 0 aromatic carbocycles. The smallest absolute Gasteiger partial charge is 0.225 e. The highest BCUT2D eigenvalue weighted by Crippen LogP contribution is 2.30. The molecular formula is C19H35N3. The summed E-state index contributed by atoms with van der Waals surface area (Å²) in [5, 5.41) is 0. The van der Waals surface area contributed by atoms with Gasteiger partial charge in [-0.05, 0) is 37.2 Å². The summed E-state index contributed by atoms with van der Waals surface area (Å²) in [7, 11) is 0. The Morgan fingerprint density at radius 1 is 1.09 bits per heavy atom. The number of aromatic nitrogens is 2. The Bertz CT molecular complexity index is 409. The third-order valence-corrected chi connectivity index (χ3v) is 5.26. The molecule has 0 aliphatic rings. The summed E-state index contributed by atoms with van der Waals surface area (Å²) >= 11 is 0. The number of aryl methyl sites for hydroxylation is 1. The van der Waals surface area contributed by atoms with E-state index in [9.17, 15) is 0 Å². The van der Waals surface area contributed by atoms with E-state index in [-0.39, 0.29) is 0 Å². The van der Waals surface area contributed by atoms with Gasteiger partial charge in [0.2, 0.25) is 5.95 Å². The third kappa shape index (κ3) is 5.26. The van der Waals surface area contributed by atoms with Crippen LogP contribution in [-0.2, 0) is 6.42 Å². The zero-order valence-electron chi connectivity index (χ0n) is 15.5. The van der Waals surface area contributed by atoms with Gasteiger partial charge in [0.05, 0.1) is 0 Å². The van der Waals surface area contributed by atoms with Crippen LogP contribution in [0.5, 0.6) is 0 Å². The van der Waals surface area contributed by atoms with E-state index in [0.29, 0.717) is 11.5 Å². The first-order valence-electron chi connectivity index (χ1n) is 9.07. The van der Waals surface area contributed by atoms with Crippen molar-refractivity contribution in [1.29, 1.82) is 0 Å². The second kappa shape index (κ2) is 9.12. The minimum Gasteiger partial charge on any atom is -0.338 e. The van der Waals surface area contributed by atoms with Gasteiger partial charge in [0.15, 0.2) is 0 Å². The van der Waals surface area contributed by atoms with Gasteiger partial charge >= 0.3 is 0 Å². The largest absolute Gasteiger partial charge is 0.338 e. The highest BCUT2D eigenvalue weighted by Gasteiger charge is 2.23. The van der Waals surface area contributed by atoms with E-state index in [0.717, 1.165) is 18.9 Å². The van der Waals surface area contributed by atoms with Crippen LogP contribution in [0.1, 0.15) is 79.2 Å². The fourth-order valence-electron chi connectivity index (χ4n) is 2.76. The molecule has 1 aromatic heterocycles. The number of nitrogens with zero attached hydrogens (tertiary/aromatic N) is 3. The van der Waals surface area contributed by atoms with E-state index in [1.807, 2.05) is 12.4 Å². The van der Waals surface area contributed by atoms with E-state index >= 15 is 0 Å². The van der Waals surface area contributed by atoms with Gasteiger partial charge in [-0.25, -0.2) is 9.97 Å². The number of hydrogen-bond acceptors (Lipinski definition) is 3. The molecule has 3 nitrogen and oxygen atoms in total. The second-order valence-electron chi connectivity index (χ2n) is 6.84. The summed E-state index contributed by atoms with van der Waals surface area (Å²) in [6.45, 7) is 14.7. The predicted octanol–water partition coefficient (Wildman–Crippen LogP) is 5.25. The molecule has 0 saturated heterocycles. The standard InChI is InChI=1S/C19H35N3/c1-7-11-16(5)22(13-12-19(6,9-3)10-4)18-20-14-17(8-2)15-21-18/h14-16H,7-13H2,1-6H3. The van der Waals surface area contributed by atoms with E-state index in [4.69, 9.17) is 0 Å². The van der Waals surface area contributed by atoms with Crippen molar-refractivity contribution in [1.82, 2.24) is 9.97 Å². The fraction of sp³-hybridized carbons (Fsp3) is 0.789. The summed E-state index contributed by atoms with van der Waals surface area (Å²) in [6, 6.07) is 0.496. The summed E-state index contributed by atoms with van der Waals surface area (Å²) < 4.78 is 0. The SMILES string of the molecule is CCCC(C)N(CCC(C)(CC)CC)c1ncc(CC)cn1. The molecule has 0 saturated carbocycles. The Labute approximate surface area is 137 Å². The number of anilines is 1. The zero-order valence-corrected chi connectivity index (χ0v) is 15.5. The highest BCUT2D eigenvalue weighted by molar-refractivity contribution is 5.31. The Kier molecular flexibility index (Phi) is 7.84. The third-order valence-electron chi connectivity index (χ3n) is 5.26. The molecule has 0 aliphatic carbocycles. The molecular weight excluding hydrogens is 270 g/mol. The summed E-state index contributed by atoms with van der Waals surface area (Å²) in [5.74, 6) is 0.896. The lowest BCUT2D eigenvalue weighted by Gasteiger charge is -2.34. The first-order chi connectivity index (χ1) is 10.5. The topological polar surface area (TPSA) is 29.0 Å². The Hall–Kier alpha value is -1.12. The van der Waals surface area contributed by atoms with E-state index in [1.54, 1.807) is 0 Å². The van der Waals surface area contributed by atoms with Crippen LogP contribution in [0.3, 0.4) is 0 Å². The average molecular weight is 306 g/mol. The lowest BCUT2D eigenvalue weighted by atomic mass is 9.81. The number of rotatable bonds is 10. The van der Waals surface area contributed by atoms with Crippen LogP contribution in [-0.4, -0.2) is 22.6 Å². The van der Waals surface area contributed by atoms with Crippen LogP contribution in [0, 0.1) is 5.41 Å². The van der Waals surface area contributed by atoms with Gasteiger partial charge in [-0.15, -0.1) is 0 Å². The quantitative estimate of drug-likeness (QED) is 0.591. The fourth-order valence-corrected chi connectivity index (χ4v) is 2.76. The van der Waals surface area contributed by atoms with Gasteiger partial charge in [-0.3, -0.25) is 0 Å². The van der Waals surface area contributed by atoms with Crippen molar-refractivity contribution in [3.05, 3.63) is 18.0 Å². The maximum Gasteiger partial charge on any atom is 0.225 e. The minimum absolute atomic E-state index is 0.424. The molecule has 1 atom stereocenters. The van der Waals surface area contributed by atoms with Crippen LogP contribution < -0.4 is 4.90 Å². The van der Waals surface area contributed by atoms with Crippen molar-refractivity contribution in [2.45, 2.75) is 86.1 Å². The Balaban J connectivity index is 2.87. The summed E-state index contributed by atoms with van der Waals surface area (Å²) in [4.78, 5) is 11.6. The van der Waals surface area contributed by atoms with E-state index in [2.05, 4.69) is 56.4 Å². The molecule has 0 bridgehead atoms. The zero-order chi connectivity index (χ0) is 16.6. The van der Waals surface area contributed by atoms with Gasteiger partial charge in [0.1, 0.15) is 0 Å². The van der Waals surface area contributed by atoms with Gasteiger partial charge in [0, 0.05) is 25.0 Å². The Morgan fingerprint density at radius 2 is 1.68 bits per heavy atom. The monoisotopic (exact) mass is 305 g/mol. The molecule has 1 rings (SSSR count). The summed E-state index contributed by atoms with van der Waals surface area (Å²) in [5.41, 5.74) is 1.63. The van der Waals surface area contributed by atoms with Crippen LogP contribution in [0.4, 0.5) is 5.95 Å². The lowest BCUT2D eigenvalue weighted by Crippen LogP contribution is -2.37. The highest BCUT2D eigenvalue weighted by atomic mass is 15.3. The molecule has 0 radical (unpaired) electrons. The first kappa shape index (κ1) is 18.9. The molecule has 0 amide bonds. The van der Waals surface area contributed by atoms with Crippen molar-refractivity contribution in [3.8, 4) is 0 Å². The molecule has 1 unspecified atom stereocenters. The first-order valence-corrected chi connectivity index (χ1v) is 9.07. The van der Waals surface area contributed by atoms with Crippen molar-refractivity contribution >= 4 is 5.95 Å². The van der Waals surface area contributed by atoms with Gasteiger partial charge in [-0.2, -0.15) is 0 Å². The molecule has 126 valence electrons. The lowest BCUT2D eigenvalue weighted by molar-refractivity contribution is 0.272. The summed E-state index contributed by atoms with van der Waals surface area (Å²) in [6.07, 6.45) is 11.0. The van der Waals surface area contributed by atoms with Crippen LogP contribution >= 0.6 is 0 Å². The number of hydrogen-bond donors (Lipinski definition) is 0. The van der Waals surface area contributed by atoms with Crippen LogP contribution in [0.15, 0.2) is 12.4 Å². The maximum atomic E-state index is 4.62. The molecule has 22 heavy (non-hydrogen) atoms. The Morgan fingerprint density at radius 3 is 2.14 bits per heavy atom. The molecule has 0 N–H and O–H groups in total. The molecule has 1 heterocycles. The van der Waals surface area contributed by atoms with Gasteiger partial charge in [0.25, 0.3) is 0 Å². The minimum atomic E-state index is 0.424. The van der Waals surface area contributed by atoms with Crippen LogP contribution in [0.2, 0.25) is 0 Å². The molecule has 0 spiro atoms. The average Bonchev–Trinajstić information content (AvgIpc) is 2.55. The predicted molar refractivity (Wildman–Crippen MR) is 96.4 cm³/mol. The van der Waals surface area contributed by atoms with Crippen molar-refractivity contribution in [2.24, 2.45) is 5.41 Å². The molecule has 0 fully saturated rings. The maximum absolute atomic E-state index is 4.62. The van der Waals surface area contributed by atoms with Crippen LogP contribution in [0.25, 0.3) is 0 Å². The van der Waals surface area contributed by atoms with Gasteiger partial charge < -0.3 is 4.90 Å². The van der Waals surface area contributed by atoms with Crippen molar-refractivity contribution < 1.29 is 0 Å². The molecule has 1 aromatic rings. The van der Waals surface area contributed by atoms with E-state index in [1.165, 1.54) is 37.7 Å². The van der Waals surface area contributed by atoms with Gasteiger partial charge in [-0.1, -0.05) is 53.9 Å². The van der Waals surface area contributed by atoms with Crippen molar-refractivity contribution in [2.75, 3.05) is 11.4 Å². The van der Waals surface area contributed by atoms with Crippen molar-refractivity contribution in [3.63, 3.8) is 0 Å². The molecule has 3 heteroatoms. The second-order valence-corrected chi connectivity index (χ2v) is 6.84.